The zero-order valence-electron chi connectivity index (χ0n) is 11.0. The Balaban J connectivity index is 2.24. The lowest BCUT2D eigenvalue weighted by Gasteiger charge is -2.21. The molecule has 0 bridgehead atoms. The summed E-state index contributed by atoms with van der Waals surface area (Å²) in [6.45, 7) is -2.53. The highest BCUT2D eigenvalue weighted by atomic mass is 32.5. The van der Waals surface area contributed by atoms with Gasteiger partial charge in [0.25, 0.3) is 6.49 Å². The molecule has 104 valence electrons. The van der Waals surface area contributed by atoms with Crippen LogP contribution in [0.15, 0.2) is 59.7 Å². The van der Waals surface area contributed by atoms with E-state index < -0.39 is 6.49 Å². The third kappa shape index (κ3) is 3.45. The highest BCUT2D eigenvalue weighted by molar-refractivity contribution is 8.13. The summed E-state index contributed by atoms with van der Waals surface area (Å²) in [5, 5.41) is 4.35. The maximum Gasteiger partial charge on any atom is 0.268 e. The van der Waals surface area contributed by atoms with Crippen LogP contribution in [0.1, 0.15) is 5.56 Å². The van der Waals surface area contributed by atoms with Crippen molar-refractivity contribution in [3.63, 3.8) is 0 Å². The number of hydrogen-bond donors (Lipinski definition) is 1. The topological polar surface area (TPSA) is 56.8 Å². The average Bonchev–Trinajstić information content (AvgIpc) is 2.50. The zero-order chi connectivity index (χ0) is 14.4. The number of hydrogen-bond acceptors (Lipinski definition) is 5. The number of nitrogens with zero attached hydrogens (tertiary/aromatic N) is 1. The first kappa shape index (κ1) is 14.7. The molecule has 0 saturated heterocycles. The number of nitrogens with two attached hydrogens (primary N) is 1. The smallest absolute Gasteiger partial charge is 0.268 e. The fourth-order valence-electron chi connectivity index (χ4n) is 1.65. The van der Waals surface area contributed by atoms with Crippen LogP contribution < -0.4 is 15.7 Å². The second kappa shape index (κ2) is 6.66. The molecule has 0 fully saturated rings. The summed E-state index contributed by atoms with van der Waals surface area (Å²) in [4.78, 5) is 0. The van der Waals surface area contributed by atoms with Crippen LogP contribution in [0.3, 0.4) is 0 Å². The predicted molar refractivity (Wildman–Crippen MR) is 86.2 cm³/mol. The number of rotatable bonds is 5. The predicted octanol–water partition coefficient (Wildman–Crippen LogP) is 2.64. The van der Waals surface area contributed by atoms with Gasteiger partial charge < -0.3 is 14.9 Å². The van der Waals surface area contributed by atoms with E-state index in [0.717, 1.165) is 10.9 Å². The Labute approximate surface area is 123 Å². The van der Waals surface area contributed by atoms with Gasteiger partial charge in [0.05, 0.1) is 6.21 Å². The van der Waals surface area contributed by atoms with Crippen molar-refractivity contribution in [3.8, 4) is 5.75 Å². The molecule has 1 unspecified atom stereocenters. The van der Waals surface area contributed by atoms with E-state index >= 15 is 0 Å². The van der Waals surface area contributed by atoms with E-state index in [9.17, 15) is 0 Å². The van der Waals surface area contributed by atoms with Gasteiger partial charge in [-0.05, 0) is 53.8 Å². The third-order valence-electron chi connectivity index (χ3n) is 2.64. The highest BCUT2D eigenvalue weighted by Gasteiger charge is 2.21. The van der Waals surface area contributed by atoms with Crippen molar-refractivity contribution in [1.29, 1.82) is 0 Å². The average molecular weight is 306 g/mol. The molecule has 2 rings (SSSR count). The molecule has 0 heterocycles. The Morgan fingerprint density at radius 1 is 1.10 bits per heavy atom. The minimum absolute atomic E-state index is 0.660. The zero-order valence-corrected chi connectivity index (χ0v) is 12.7. The lowest BCUT2D eigenvalue weighted by atomic mass is 10.2. The second-order valence-electron chi connectivity index (χ2n) is 3.95. The standard InChI is InChI=1S/C14H15N2O2PS/c1-17-19(20,14-5-3-2-4-6-14)18-13-9-7-12(8-10-13)11-16-15/h2-11H,15H2,1H3/b16-11+. The van der Waals surface area contributed by atoms with Crippen LogP contribution in [0.4, 0.5) is 0 Å². The largest absolute Gasteiger partial charge is 0.440 e. The molecule has 2 aromatic carbocycles. The lowest BCUT2D eigenvalue weighted by Crippen LogP contribution is -2.10. The molecule has 0 saturated carbocycles. The Morgan fingerprint density at radius 3 is 2.30 bits per heavy atom. The molecule has 6 heteroatoms. The van der Waals surface area contributed by atoms with E-state index in [0.29, 0.717) is 5.75 Å². The SMILES string of the molecule is COP(=S)(Oc1ccc(/C=N/N)cc1)c1ccccc1. The molecule has 0 radical (unpaired) electrons. The molecule has 2 aromatic rings. The number of hydrazone groups is 1. The van der Waals surface area contributed by atoms with Crippen molar-refractivity contribution >= 4 is 29.8 Å². The quantitative estimate of drug-likeness (QED) is 0.399. The Kier molecular flexibility index (Phi) is 4.90. The van der Waals surface area contributed by atoms with Gasteiger partial charge in [0.2, 0.25) is 0 Å². The van der Waals surface area contributed by atoms with Gasteiger partial charge in [0.15, 0.2) is 0 Å². The van der Waals surface area contributed by atoms with Gasteiger partial charge >= 0.3 is 0 Å². The summed E-state index contributed by atoms with van der Waals surface area (Å²) >= 11 is 5.56. The molecular formula is C14H15N2O2PS. The van der Waals surface area contributed by atoms with E-state index in [4.69, 9.17) is 26.7 Å². The molecule has 4 nitrogen and oxygen atoms in total. The maximum atomic E-state index is 5.90. The van der Waals surface area contributed by atoms with Crippen molar-refractivity contribution in [3.05, 3.63) is 60.2 Å². The summed E-state index contributed by atoms with van der Waals surface area (Å²) in [7, 11) is 1.57. The molecule has 0 aliphatic heterocycles. The summed E-state index contributed by atoms with van der Waals surface area (Å²) in [6, 6.07) is 16.9. The van der Waals surface area contributed by atoms with E-state index in [1.54, 1.807) is 13.3 Å². The monoisotopic (exact) mass is 306 g/mol. The summed E-state index contributed by atoms with van der Waals surface area (Å²) in [6.07, 6.45) is 1.56. The third-order valence-corrected chi connectivity index (χ3v) is 5.81. The minimum atomic E-state index is -2.53. The van der Waals surface area contributed by atoms with Gasteiger partial charge in [-0.3, -0.25) is 0 Å². The van der Waals surface area contributed by atoms with Crippen molar-refractivity contribution < 1.29 is 9.05 Å². The summed E-state index contributed by atoms with van der Waals surface area (Å²) < 4.78 is 11.4. The first-order valence-electron chi connectivity index (χ1n) is 5.92. The van der Waals surface area contributed by atoms with Crippen LogP contribution in [-0.2, 0) is 16.3 Å². The fourth-order valence-corrected chi connectivity index (χ4v) is 3.60. The van der Waals surface area contributed by atoms with Gasteiger partial charge in [0, 0.05) is 12.4 Å². The Bertz CT molecular complexity index is 629. The normalized spacial score (nSPS) is 14.1. The van der Waals surface area contributed by atoms with Crippen LogP contribution in [0, 0.1) is 0 Å². The Hall–Kier alpha value is -1.68. The summed E-state index contributed by atoms with van der Waals surface area (Å²) in [5.41, 5.74) is 0.894. The summed E-state index contributed by atoms with van der Waals surface area (Å²) in [5.74, 6) is 5.77. The van der Waals surface area contributed by atoms with Gasteiger partial charge in [-0.15, -0.1) is 0 Å². The molecule has 0 aromatic heterocycles. The van der Waals surface area contributed by atoms with Gasteiger partial charge in [0.1, 0.15) is 5.75 Å². The van der Waals surface area contributed by atoms with E-state index in [-0.39, 0.29) is 0 Å². The molecule has 0 aliphatic rings. The lowest BCUT2D eigenvalue weighted by molar-refractivity contribution is 0.402. The van der Waals surface area contributed by atoms with Gasteiger partial charge in [-0.2, -0.15) is 5.10 Å². The van der Waals surface area contributed by atoms with Crippen LogP contribution in [0.2, 0.25) is 0 Å². The van der Waals surface area contributed by atoms with E-state index in [1.165, 1.54) is 0 Å². The van der Waals surface area contributed by atoms with E-state index in [2.05, 4.69) is 5.10 Å². The first-order valence-corrected chi connectivity index (χ1v) is 8.56. The second-order valence-corrected chi connectivity index (χ2v) is 7.46. The highest BCUT2D eigenvalue weighted by Crippen LogP contribution is 2.46. The van der Waals surface area contributed by atoms with Crippen molar-refractivity contribution in [1.82, 2.24) is 0 Å². The van der Waals surface area contributed by atoms with Crippen LogP contribution in [0.5, 0.6) is 5.75 Å². The van der Waals surface area contributed by atoms with Crippen LogP contribution >= 0.6 is 6.49 Å². The molecule has 1 atom stereocenters. The van der Waals surface area contributed by atoms with E-state index in [1.807, 2.05) is 54.6 Å². The Morgan fingerprint density at radius 2 is 1.75 bits per heavy atom. The van der Waals surface area contributed by atoms with Crippen LogP contribution in [-0.4, -0.2) is 13.3 Å². The van der Waals surface area contributed by atoms with Gasteiger partial charge in [-0.1, -0.05) is 18.2 Å². The fraction of sp³-hybridized carbons (Fsp3) is 0.0714. The molecule has 20 heavy (non-hydrogen) atoms. The molecular weight excluding hydrogens is 291 g/mol. The number of benzene rings is 2. The van der Waals surface area contributed by atoms with Gasteiger partial charge in [-0.25, -0.2) is 0 Å². The molecule has 0 aliphatic carbocycles. The maximum absolute atomic E-state index is 5.90. The first-order chi connectivity index (χ1) is 9.68. The van der Waals surface area contributed by atoms with Crippen LogP contribution in [0.25, 0.3) is 0 Å². The molecule has 2 N–H and O–H groups in total. The molecule has 0 spiro atoms. The molecule has 0 amide bonds. The van der Waals surface area contributed by atoms with Crippen molar-refractivity contribution in [2.45, 2.75) is 0 Å². The van der Waals surface area contributed by atoms with Crippen molar-refractivity contribution in [2.75, 3.05) is 7.11 Å². The minimum Gasteiger partial charge on any atom is -0.440 e. The van der Waals surface area contributed by atoms with Crippen molar-refractivity contribution in [2.24, 2.45) is 10.9 Å².